The lowest BCUT2D eigenvalue weighted by molar-refractivity contribution is 0.249. The molecule has 1 fully saturated rings. The summed E-state index contributed by atoms with van der Waals surface area (Å²) in [5.41, 5.74) is 0. The predicted octanol–water partition coefficient (Wildman–Crippen LogP) is 1.69. The van der Waals surface area contributed by atoms with E-state index in [9.17, 15) is 8.42 Å². The van der Waals surface area contributed by atoms with Crippen molar-refractivity contribution in [3.63, 3.8) is 0 Å². The fraction of sp³-hybridized carbons (Fsp3) is 0.583. The Bertz CT molecular complexity index is 495. The van der Waals surface area contributed by atoms with Gasteiger partial charge in [0.15, 0.2) is 0 Å². The van der Waals surface area contributed by atoms with Gasteiger partial charge in [0.05, 0.1) is 0 Å². The molecule has 18 heavy (non-hydrogen) atoms. The zero-order valence-electron chi connectivity index (χ0n) is 10.8. The Balaban J connectivity index is 2.18. The highest BCUT2D eigenvalue weighted by Gasteiger charge is 2.31. The molecule has 0 unspecified atom stereocenters. The van der Waals surface area contributed by atoms with Crippen LogP contribution in [0.2, 0.25) is 0 Å². The van der Waals surface area contributed by atoms with E-state index >= 15 is 0 Å². The van der Waals surface area contributed by atoms with Crippen molar-refractivity contribution in [2.24, 2.45) is 0 Å². The maximum atomic E-state index is 12.3. The largest absolute Gasteiger partial charge is 0.370 e. The van der Waals surface area contributed by atoms with E-state index in [0.717, 1.165) is 25.8 Å². The van der Waals surface area contributed by atoms with Crippen LogP contribution in [0.25, 0.3) is 0 Å². The number of sulfonamides is 1. The molecule has 1 aromatic heterocycles. The van der Waals surface area contributed by atoms with Crippen LogP contribution in [0, 0.1) is 0 Å². The standard InChI is InChI=1S/C12H19N3O2S/c1-3-13-12-8-7-11(9-14-12)18(16,17)15(2)10-5-4-6-10/h7-10H,3-6H2,1-2H3,(H,13,14). The number of nitrogens with zero attached hydrogens (tertiary/aromatic N) is 2. The van der Waals surface area contributed by atoms with Crippen molar-refractivity contribution < 1.29 is 8.42 Å². The number of hydrogen-bond donors (Lipinski definition) is 1. The molecule has 6 heteroatoms. The minimum absolute atomic E-state index is 0.156. The molecule has 2 rings (SSSR count). The van der Waals surface area contributed by atoms with Crippen LogP contribution in [0.5, 0.6) is 0 Å². The average molecular weight is 269 g/mol. The molecule has 0 atom stereocenters. The van der Waals surface area contributed by atoms with Gasteiger partial charge in [0.25, 0.3) is 0 Å². The molecule has 1 aromatic rings. The molecule has 0 aliphatic heterocycles. The van der Waals surface area contributed by atoms with E-state index < -0.39 is 10.0 Å². The smallest absolute Gasteiger partial charge is 0.244 e. The van der Waals surface area contributed by atoms with E-state index in [0.29, 0.717) is 5.82 Å². The molecule has 0 aromatic carbocycles. The predicted molar refractivity (Wildman–Crippen MR) is 71.0 cm³/mol. The number of rotatable bonds is 5. The Morgan fingerprint density at radius 1 is 1.44 bits per heavy atom. The lowest BCUT2D eigenvalue weighted by Crippen LogP contribution is -2.41. The molecule has 1 aliphatic carbocycles. The molecule has 0 spiro atoms. The van der Waals surface area contributed by atoms with Gasteiger partial charge in [-0.3, -0.25) is 0 Å². The van der Waals surface area contributed by atoms with Crippen LogP contribution in [0.3, 0.4) is 0 Å². The second-order valence-corrected chi connectivity index (χ2v) is 6.51. The van der Waals surface area contributed by atoms with Crippen molar-refractivity contribution >= 4 is 15.8 Å². The minimum atomic E-state index is -3.39. The second-order valence-electron chi connectivity index (χ2n) is 4.52. The van der Waals surface area contributed by atoms with Gasteiger partial charge in [0.1, 0.15) is 10.7 Å². The van der Waals surface area contributed by atoms with Crippen molar-refractivity contribution in [1.29, 1.82) is 0 Å². The highest BCUT2D eigenvalue weighted by Crippen LogP contribution is 2.28. The number of pyridine rings is 1. The van der Waals surface area contributed by atoms with Gasteiger partial charge in [-0.1, -0.05) is 6.42 Å². The van der Waals surface area contributed by atoms with Crippen molar-refractivity contribution in [1.82, 2.24) is 9.29 Å². The van der Waals surface area contributed by atoms with E-state index in [4.69, 9.17) is 0 Å². The van der Waals surface area contributed by atoms with Crippen LogP contribution in [0.4, 0.5) is 5.82 Å². The first-order valence-corrected chi connectivity index (χ1v) is 7.67. The van der Waals surface area contributed by atoms with Gasteiger partial charge in [0, 0.05) is 25.8 Å². The van der Waals surface area contributed by atoms with Crippen LogP contribution in [0.15, 0.2) is 23.2 Å². The van der Waals surface area contributed by atoms with E-state index in [2.05, 4.69) is 10.3 Å². The third-order valence-corrected chi connectivity index (χ3v) is 5.25. The molecule has 0 amide bonds. The van der Waals surface area contributed by atoms with Crippen LogP contribution < -0.4 is 5.32 Å². The van der Waals surface area contributed by atoms with Crippen LogP contribution in [-0.4, -0.2) is 37.3 Å². The molecule has 1 N–H and O–H groups in total. The summed E-state index contributed by atoms with van der Waals surface area (Å²) in [6.07, 6.45) is 4.45. The molecular weight excluding hydrogens is 250 g/mol. The lowest BCUT2D eigenvalue weighted by Gasteiger charge is -2.33. The average Bonchev–Trinajstić information content (AvgIpc) is 2.28. The Hall–Kier alpha value is -1.14. The van der Waals surface area contributed by atoms with E-state index in [-0.39, 0.29) is 10.9 Å². The lowest BCUT2D eigenvalue weighted by atomic mass is 9.94. The Kier molecular flexibility index (Phi) is 3.87. The zero-order chi connectivity index (χ0) is 13.2. The molecule has 1 saturated carbocycles. The minimum Gasteiger partial charge on any atom is -0.370 e. The van der Waals surface area contributed by atoms with Gasteiger partial charge < -0.3 is 5.32 Å². The third kappa shape index (κ3) is 2.49. The number of aromatic nitrogens is 1. The van der Waals surface area contributed by atoms with Crippen molar-refractivity contribution in [2.45, 2.75) is 37.1 Å². The first-order chi connectivity index (χ1) is 8.55. The fourth-order valence-corrected chi connectivity index (χ4v) is 3.29. The first kappa shape index (κ1) is 13.3. The molecule has 0 saturated heterocycles. The normalized spacial score (nSPS) is 16.6. The molecular formula is C12H19N3O2S. The maximum absolute atomic E-state index is 12.3. The topological polar surface area (TPSA) is 62.3 Å². The highest BCUT2D eigenvalue weighted by molar-refractivity contribution is 7.89. The monoisotopic (exact) mass is 269 g/mol. The summed E-state index contributed by atoms with van der Waals surface area (Å²) in [5.74, 6) is 0.697. The first-order valence-electron chi connectivity index (χ1n) is 6.23. The number of nitrogens with one attached hydrogen (secondary N) is 1. The van der Waals surface area contributed by atoms with Gasteiger partial charge in [0.2, 0.25) is 10.0 Å². The summed E-state index contributed by atoms with van der Waals surface area (Å²) in [6, 6.07) is 3.46. The Morgan fingerprint density at radius 2 is 2.17 bits per heavy atom. The van der Waals surface area contributed by atoms with Crippen LogP contribution >= 0.6 is 0 Å². The third-order valence-electron chi connectivity index (χ3n) is 3.36. The van der Waals surface area contributed by atoms with E-state index in [1.165, 1.54) is 10.5 Å². The van der Waals surface area contributed by atoms with Crippen LogP contribution in [-0.2, 0) is 10.0 Å². The van der Waals surface area contributed by atoms with E-state index in [1.807, 2.05) is 6.92 Å². The quantitative estimate of drug-likeness (QED) is 0.883. The molecule has 100 valence electrons. The Labute approximate surface area is 108 Å². The molecule has 0 bridgehead atoms. The van der Waals surface area contributed by atoms with Crippen molar-refractivity contribution in [3.05, 3.63) is 18.3 Å². The van der Waals surface area contributed by atoms with Crippen LogP contribution in [0.1, 0.15) is 26.2 Å². The highest BCUT2D eigenvalue weighted by atomic mass is 32.2. The molecule has 0 radical (unpaired) electrons. The van der Waals surface area contributed by atoms with Gasteiger partial charge in [-0.2, -0.15) is 4.31 Å². The molecule has 5 nitrogen and oxygen atoms in total. The van der Waals surface area contributed by atoms with E-state index in [1.54, 1.807) is 19.2 Å². The SMILES string of the molecule is CCNc1ccc(S(=O)(=O)N(C)C2CCC2)cn1. The number of anilines is 1. The van der Waals surface area contributed by atoms with Crippen molar-refractivity contribution in [2.75, 3.05) is 18.9 Å². The molecule has 1 heterocycles. The summed E-state index contributed by atoms with van der Waals surface area (Å²) in [6.45, 7) is 2.73. The number of hydrogen-bond acceptors (Lipinski definition) is 4. The summed E-state index contributed by atoms with van der Waals surface area (Å²) < 4.78 is 26.1. The molecule has 1 aliphatic rings. The van der Waals surface area contributed by atoms with Crippen molar-refractivity contribution in [3.8, 4) is 0 Å². The summed E-state index contributed by atoms with van der Waals surface area (Å²) in [7, 11) is -1.74. The summed E-state index contributed by atoms with van der Waals surface area (Å²) in [5, 5.41) is 3.04. The Morgan fingerprint density at radius 3 is 2.61 bits per heavy atom. The second kappa shape index (κ2) is 5.24. The van der Waals surface area contributed by atoms with Gasteiger partial charge in [-0.05, 0) is 31.9 Å². The fourth-order valence-electron chi connectivity index (χ4n) is 1.93. The zero-order valence-corrected chi connectivity index (χ0v) is 11.6. The maximum Gasteiger partial charge on any atom is 0.244 e. The summed E-state index contributed by atoms with van der Waals surface area (Å²) >= 11 is 0. The van der Waals surface area contributed by atoms with Gasteiger partial charge in [-0.25, -0.2) is 13.4 Å². The van der Waals surface area contributed by atoms with Gasteiger partial charge in [-0.15, -0.1) is 0 Å². The summed E-state index contributed by atoms with van der Waals surface area (Å²) in [4.78, 5) is 4.37. The van der Waals surface area contributed by atoms with Gasteiger partial charge >= 0.3 is 0 Å².